The number of primary amides is 1. The quantitative estimate of drug-likeness (QED) is 0.698. The van der Waals surface area contributed by atoms with Gasteiger partial charge in [-0.05, 0) is 18.2 Å². The van der Waals surface area contributed by atoms with Crippen LogP contribution in [0.15, 0.2) is 23.1 Å². The molecule has 0 radical (unpaired) electrons. The monoisotopic (exact) mass is 340 g/mol. The van der Waals surface area contributed by atoms with E-state index in [4.69, 9.17) is 34.0 Å². The fourth-order valence-electron chi connectivity index (χ4n) is 1.32. The Morgan fingerprint density at radius 1 is 1.25 bits per heavy atom. The van der Waals surface area contributed by atoms with Crippen molar-refractivity contribution in [3.8, 4) is 0 Å². The first-order chi connectivity index (χ1) is 9.11. The number of aliphatic carboxylic acids is 1. The topological polar surface area (TPSA) is 127 Å². The van der Waals surface area contributed by atoms with Crippen LogP contribution in [0.25, 0.3) is 0 Å². The van der Waals surface area contributed by atoms with Crippen molar-refractivity contribution >= 4 is 45.1 Å². The molecule has 4 N–H and O–H groups in total. The van der Waals surface area contributed by atoms with Crippen molar-refractivity contribution in [2.45, 2.75) is 17.4 Å². The number of carboxylic acids is 1. The van der Waals surface area contributed by atoms with Gasteiger partial charge in [0, 0.05) is 10.0 Å². The average Bonchev–Trinajstić information content (AvgIpc) is 2.25. The molecule has 1 aromatic rings. The first-order valence-corrected chi connectivity index (χ1v) is 7.35. The van der Waals surface area contributed by atoms with Crippen molar-refractivity contribution in [3.63, 3.8) is 0 Å². The molecule has 0 aromatic heterocycles. The third-order valence-electron chi connectivity index (χ3n) is 2.15. The Bertz CT molecular complexity index is 627. The minimum atomic E-state index is -4.20. The highest BCUT2D eigenvalue weighted by molar-refractivity contribution is 7.89. The molecule has 0 fully saturated rings. The molecule has 0 spiro atoms. The van der Waals surface area contributed by atoms with Crippen molar-refractivity contribution in [3.05, 3.63) is 28.2 Å². The highest BCUT2D eigenvalue weighted by Gasteiger charge is 2.27. The number of benzene rings is 1. The van der Waals surface area contributed by atoms with Gasteiger partial charge < -0.3 is 10.8 Å². The summed E-state index contributed by atoms with van der Waals surface area (Å²) < 4.78 is 25.8. The molecule has 0 saturated carbocycles. The van der Waals surface area contributed by atoms with Gasteiger partial charge in [-0.2, -0.15) is 4.72 Å². The molecule has 1 amide bonds. The van der Waals surface area contributed by atoms with Crippen molar-refractivity contribution in [2.75, 3.05) is 0 Å². The van der Waals surface area contributed by atoms with Gasteiger partial charge in [0.2, 0.25) is 15.9 Å². The second-order valence-corrected chi connectivity index (χ2v) is 6.37. The number of hydrogen-bond donors (Lipinski definition) is 3. The van der Waals surface area contributed by atoms with E-state index in [2.05, 4.69) is 0 Å². The zero-order valence-electron chi connectivity index (χ0n) is 9.84. The predicted octanol–water partition coefficient (Wildman–Crippen LogP) is 0.600. The number of carbonyl (C=O) groups is 2. The molecule has 7 nitrogen and oxygen atoms in total. The lowest BCUT2D eigenvalue weighted by atomic mass is 10.2. The van der Waals surface area contributed by atoms with Gasteiger partial charge in [0.05, 0.1) is 11.3 Å². The summed E-state index contributed by atoms with van der Waals surface area (Å²) >= 11 is 11.3. The molecule has 1 atom stereocenters. The van der Waals surface area contributed by atoms with Crippen LogP contribution in [0.3, 0.4) is 0 Å². The van der Waals surface area contributed by atoms with E-state index >= 15 is 0 Å². The Hall–Kier alpha value is -1.35. The molecule has 0 aliphatic rings. The van der Waals surface area contributed by atoms with Crippen molar-refractivity contribution in [1.29, 1.82) is 0 Å². The number of halogens is 2. The Labute approximate surface area is 124 Å². The molecular weight excluding hydrogens is 331 g/mol. The molecule has 1 aromatic carbocycles. The molecule has 1 unspecified atom stereocenters. The largest absolute Gasteiger partial charge is 0.480 e. The van der Waals surface area contributed by atoms with E-state index in [1.807, 2.05) is 4.72 Å². The van der Waals surface area contributed by atoms with Crippen LogP contribution >= 0.6 is 23.2 Å². The summed E-state index contributed by atoms with van der Waals surface area (Å²) in [4.78, 5) is 21.3. The SMILES string of the molecule is NC(=O)CC(NS(=O)(=O)c1cc(Cl)cc(Cl)c1)C(=O)O. The van der Waals surface area contributed by atoms with E-state index in [0.29, 0.717) is 0 Å². The first-order valence-electron chi connectivity index (χ1n) is 5.11. The van der Waals surface area contributed by atoms with Gasteiger partial charge >= 0.3 is 5.97 Å². The van der Waals surface area contributed by atoms with Crippen LogP contribution in [0.2, 0.25) is 10.0 Å². The normalized spacial score (nSPS) is 12.9. The van der Waals surface area contributed by atoms with Crippen LogP contribution in [0, 0.1) is 0 Å². The number of carbonyl (C=O) groups excluding carboxylic acids is 1. The maximum Gasteiger partial charge on any atom is 0.322 e. The number of rotatable bonds is 6. The fraction of sp³-hybridized carbons (Fsp3) is 0.200. The van der Waals surface area contributed by atoms with Gasteiger partial charge in [-0.3, -0.25) is 9.59 Å². The Kier molecular flexibility index (Phi) is 5.35. The Balaban J connectivity index is 3.09. The van der Waals surface area contributed by atoms with E-state index in [1.54, 1.807) is 0 Å². The van der Waals surface area contributed by atoms with E-state index in [-0.39, 0.29) is 14.9 Å². The van der Waals surface area contributed by atoms with Gasteiger partial charge in [0.1, 0.15) is 6.04 Å². The van der Waals surface area contributed by atoms with E-state index < -0.39 is 34.4 Å². The Morgan fingerprint density at radius 2 is 1.75 bits per heavy atom. The molecule has 0 bridgehead atoms. The molecule has 1 rings (SSSR count). The number of amides is 1. The molecule has 0 saturated heterocycles. The lowest BCUT2D eigenvalue weighted by Gasteiger charge is -2.13. The molecule has 20 heavy (non-hydrogen) atoms. The summed E-state index contributed by atoms with van der Waals surface area (Å²) in [7, 11) is -4.20. The number of sulfonamides is 1. The zero-order chi connectivity index (χ0) is 15.5. The minimum Gasteiger partial charge on any atom is -0.480 e. The molecule has 0 heterocycles. The van der Waals surface area contributed by atoms with E-state index in [9.17, 15) is 18.0 Å². The average molecular weight is 341 g/mol. The summed E-state index contributed by atoms with van der Waals surface area (Å²) in [5.74, 6) is -2.48. The maximum atomic E-state index is 12.0. The number of nitrogens with one attached hydrogen (secondary N) is 1. The van der Waals surface area contributed by atoms with E-state index in [0.717, 1.165) is 12.1 Å². The van der Waals surface area contributed by atoms with Crippen LogP contribution in [0.4, 0.5) is 0 Å². The molecule has 10 heteroatoms. The van der Waals surface area contributed by atoms with Gasteiger partial charge in [0.25, 0.3) is 0 Å². The van der Waals surface area contributed by atoms with E-state index in [1.165, 1.54) is 6.07 Å². The second kappa shape index (κ2) is 6.40. The van der Waals surface area contributed by atoms with Gasteiger partial charge in [-0.1, -0.05) is 23.2 Å². The summed E-state index contributed by atoms with van der Waals surface area (Å²) in [6.45, 7) is 0. The fourth-order valence-corrected chi connectivity index (χ4v) is 3.23. The van der Waals surface area contributed by atoms with Crippen molar-refractivity contribution < 1.29 is 23.1 Å². The van der Waals surface area contributed by atoms with Gasteiger partial charge in [-0.15, -0.1) is 0 Å². The smallest absolute Gasteiger partial charge is 0.322 e. The third kappa shape index (κ3) is 4.64. The molecule has 0 aliphatic carbocycles. The highest BCUT2D eigenvalue weighted by Crippen LogP contribution is 2.22. The first kappa shape index (κ1) is 16.7. The minimum absolute atomic E-state index is 0.0691. The molecule has 0 aliphatic heterocycles. The third-order valence-corrected chi connectivity index (χ3v) is 4.03. The lowest BCUT2D eigenvalue weighted by Crippen LogP contribution is -2.43. The Morgan fingerprint density at radius 3 is 2.15 bits per heavy atom. The maximum absolute atomic E-state index is 12.0. The van der Waals surface area contributed by atoms with Crippen LogP contribution in [0.5, 0.6) is 0 Å². The lowest BCUT2D eigenvalue weighted by molar-refractivity contribution is -0.140. The van der Waals surface area contributed by atoms with Crippen molar-refractivity contribution in [1.82, 2.24) is 4.72 Å². The van der Waals surface area contributed by atoms with Crippen LogP contribution in [0.1, 0.15) is 6.42 Å². The number of carboxylic acid groups (broad SMARTS) is 1. The zero-order valence-corrected chi connectivity index (χ0v) is 12.2. The van der Waals surface area contributed by atoms with Crippen LogP contribution in [-0.2, 0) is 19.6 Å². The summed E-state index contributed by atoms with van der Waals surface area (Å²) in [5.41, 5.74) is 4.86. The molecular formula is C10H10Cl2N2O5S. The van der Waals surface area contributed by atoms with Crippen LogP contribution in [-0.4, -0.2) is 31.4 Å². The van der Waals surface area contributed by atoms with Crippen LogP contribution < -0.4 is 10.5 Å². The molecule has 110 valence electrons. The van der Waals surface area contributed by atoms with Gasteiger partial charge in [0.15, 0.2) is 0 Å². The highest BCUT2D eigenvalue weighted by atomic mass is 35.5. The predicted molar refractivity (Wildman–Crippen MR) is 72.0 cm³/mol. The summed E-state index contributed by atoms with van der Waals surface area (Å²) in [5, 5.41) is 8.99. The second-order valence-electron chi connectivity index (χ2n) is 3.79. The number of hydrogen-bond acceptors (Lipinski definition) is 4. The number of nitrogens with two attached hydrogens (primary N) is 1. The van der Waals surface area contributed by atoms with Crippen molar-refractivity contribution in [2.24, 2.45) is 5.73 Å². The summed E-state index contributed by atoms with van der Waals surface area (Å²) in [6.07, 6.45) is -0.678. The van der Waals surface area contributed by atoms with Gasteiger partial charge in [-0.25, -0.2) is 8.42 Å². The standard InChI is InChI=1S/C10H10Cl2N2O5S/c11-5-1-6(12)3-7(2-5)20(18,19)14-8(10(16)17)4-9(13)15/h1-3,8,14H,4H2,(H2,13,15)(H,16,17). The summed E-state index contributed by atoms with van der Waals surface area (Å²) in [6, 6.07) is 1.84.